The van der Waals surface area contributed by atoms with Gasteiger partial charge < -0.3 is 15.4 Å². The third-order valence-corrected chi connectivity index (χ3v) is 3.53. The van der Waals surface area contributed by atoms with Gasteiger partial charge >= 0.3 is 0 Å². The maximum absolute atomic E-state index is 5.96. The molecule has 2 rings (SSSR count). The number of nitrogens with zero attached hydrogens (tertiary/aromatic N) is 2. The maximum atomic E-state index is 5.96. The van der Waals surface area contributed by atoms with Crippen LogP contribution in [-0.4, -0.2) is 37.1 Å². The van der Waals surface area contributed by atoms with Crippen LogP contribution in [0.25, 0.3) is 0 Å². The summed E-state index contributed by atoms with van der Waals surface area (Å²) >= 11 is 0. The van der Waals surface area contributed by atoms with Gasteiger partial charge in [-0.1, -0.05) is 37.3 Å². The smallest absolute Gasteiger partial charge is 0.191 e. The molecule has 0 heterocycles. The van der Waals surface area contributed by atoms with Crippen molar-refractivity contribution in [3.8, 4) is 0 Å². The number of benzene rings is 1. The van der Waals surface area contributed by atoms with Gasteiger partial charge in [0, 0.05) is 19.6 Å². The Bertz CT molecular complexity index is 429. The van der Waals surface area contributed by atoms with E-state index < -0.39 is 0 Å². The SMILES string of the molecule is CC(CN=C(N)N(C)C1CC1)COCc1ccccc1. The predicted octanol–water partition coefficient (Wildman–Crippen LogP) is 2.25. The molecular weight excluding hydrogens is 250 g/mol. The summed E-state index contributed by atoms with van der Waals surface area (Å²) in [5.41, 5.74) is 7.17. The molecule has 0 radical (unpaired) electrons. The largest absolute Gasteiger partial charge is 0.376 e. The van der Waals surface area contributed by atoms with Crippen molar-refractivity contribution in [3.05, 3.63) is 35.9 Å². The second-order valence-corrected chi connectivity index (χ2v) is 5.65. The van der Waals surface area contributed by atoms with E-state index >= 15 is 0 Å². The molecule has 1 aliphatic carbocycles. The predicted molar refractivity (Wildman–Crippen MR) is 82.5 cm³/mol. The minimum atomic E-state index is 0.380. The number of nitrogens with two attached hydrogens (primary N) is 1. The lowest BCUT2D eigenvalue weighted by atomic mass is 10.2. The third kappa shape index (κ3) is 4.85. The maximum Gasteiger partial charge on any atom is 0.191 e. The van der Waals surface area contributed by atoms with Gasteiger partial charge in [-0.2, -0.15) is 0 Å². The van der Waals surface area contributed by atoms with Gasteiger partial charge in [-0.25, -0.2) is 0 Å². The van der Waals surface area contributed by atoms with Crippen LogP contribution in [0.3, 0.4) is 0 Å². The number of rotatable bonds is 7. The molecular formula is C16H25N3O. The molecule has 0 bridgehead atoms. The quantitative estimate of drug-likeness (QED) is 0.613. The highest BCUT2D eigenvalue weighted by Gasteiger charge is 2.27. The second kappa shape index (κ2) is 7.29. The van der Waals surface area contributed by atoms with Crippen LogP contribution in [0.15, 0.2) is 35.3 Å². The topological polar surface area (TPSA) is 50.8 Å². The summed E-state index contributed by atoms with van der Waals surface area (Å²) in [7, 11) is 2.02. The molecule has 1 unspecified atom stereocenters. The molecule has 0 aliphatic heterocycles. The van der Waals surface area contributed by atoms with Crippen LogP contribution in [0.1, 0.15) is 25.3 Å². The van der Waals surface area contributed by atoms with Gasteiger partial charge in [-0.05, 0) is 24.3 Å². The lowest BCUT2D eigenvalue weighted by Gasteiger charge is -2.18. The van der Waals surface area contributed by atoms with Gasteiger partial charge in [0.2, 0.25) is 0 Å². The Morgan fingerprint density at radius 2 is 2.10 bits per heavy atom. The van der Waals surface area contributed by atoms with Crippen molar-refractivity contribution in [3.63, 3.8) is 0 Å². The van der Waals surface area contributed by atoms with Crippen LogP contribution >= 0.6 is 0 Å². The Morgan fingerprint density at radius 1 is 1.40 bits per heavy atom. The minimum absolute atomic E-state index is 0.380. The van der Waals surface area contributed by atoms with Gasteiger partial charge in [0.25, 0.3) is 0 Å². The van der Waals surface area contributed by atoms with Crippen molar-refractivity contribution in [2.75, 3.05) is 20.2 Å². The molecule has 2 N–H and O–H groups in total. The van der Waals surface area contributed by atoms with Crippen LogP contribution < -0.4 is 5.73 Å². The van der Waals surface area contributed by atoms with Crippen molar-refractivity contribution in [1.29, 1.82) is 0 Å². The molecule has 1 atom stereocenters. The fourth-order valence-corrected chi connectivity index (χ4v) is 2.01. The zero-order chi connectivity index (χ0) is 14.4. The number of aliphatic imine (C=N–C) groups is 1. The standard InChI is InChI=1S/C16H25N3O/c1-13(10-18-16(17)19(2)15-8-9-15)11-20-12-14-6-4-3-5-7-14/h3-7,13,15H,8-12H2,1-2H3,(H2,17,18). The Labute approximate surface area is 121 Å². The summed E-state index contributed by atoms with van der Waals surface area (Å²) in [6, 6.07) is 10.8. The zero-order valence-electron chi connectivity index (χ0n) is 12.5. The normalized spacial score (nSPS) is 17.0. The fourth-order valence-electron chi connectivity index (χ4n) is 2.01. The Hall–Kier alpha value is -1.55. The van der Waals surface area contributed by atoms with Crippen molar-refractivity contribution < 1.29 is 4.74 Å². The first-order valence-electron chi connectivity index (χ1n) is 7.31. The number of hydrogen-bond acceptors (Lipinski definition) is 2. The van der Waals surface area contributed by atoms with Crippen LogP contribution in [0.4, 0.5) is 0 Å². The first kappa shape index (κ1) is 14.9. The third-order valence-electron chi connectivity index (χ3n) is 3.53. The Kier molecular flexibility index (Phi) is 5.41. The molecule has 1 aromatic carbocycles. The summed E-state index contributed by atoms with van der Waals surface area (Å²) < 4.78 is 5.71. The van der Waals surface area contributed by atoms with E-state index in [2.05, 4.69) is 28.9 Å². The lowest BCUT2D eigenvalue weighted by Crippen LogP contribution is -2.36. The summed E-state index contributed by atoms with van der Waals surface area (Å²) in [4.78, 5) is 6.53. The van der Waals surface area contributed by atoms with E-state index in [0.717, 1.165) is 6.54 Å². The first-order valence-corrected chi connectivity index (χ1v) is 7.31. The molecule has 4 heteroatoms. The van der Waals surface area contributed by atoms with E-state index in [0.29, 0.717) is 31.1 Å². The molecule has 0 saturated heterocycles. The second-order valence-electron chi connectivity index (χ2n) is 5.65. The minimum Gasteiger partial charge on any atom is -0.376 e. The first-order chi connectivity index (χ1) is 9.66. The molecule has 110 valence electrons. The fraction of sp³-hybridized carbons (Fsp3) is 0.562. The van der Waals surface area contributed by atoms with Crippen LogP contribution in [0, 0.1) is 5.92 Å². The van der Waals surface area contributed by atoms with E-state index in [-0.39, 0.29) is 0 Å². The molecule has 0 aromatic heterocycles. The Morgan fingerprint density at radius 3 is 2.75 bits per heavy atom. The average Bonchev–Trinajstić information content (AvgIpc) is 3.29. The number of guanidine groups is 1. The van der Waals surface area contributed by atoms with Crippen LogP contribution in [0.5, 0.6) is 0 Å². The van der Waals surface area contributed by atoms with Crippen LogP contribution in [-0.2, 0) is 11.3 Å². The summed E-state index contributed by atoms with van der Waals surface area (Å²) in [5, 5.41) is 0. The molecule has 1 aromatic rings. The van der Waals surface area contributed by atoms with Gasteiger partial charge in [0.1, 0.15) is 0 Å². The molecule has 20 heavy (non-hydrogen) atoms. The highest BCUT2D eigenvalue weighted by atomic mass is 16.5. The van der Waals surface area contributed by atoms with Crippen molar-refractivity contribution in [1.82, 2.24) is 4.90 Å². The highest BCUT2D eigenvalue weighted by Crippen LogP contribution is 2.24. The van der Waals surface area contributed by atoms with Gasteiger partial charge in [-0.3, -0.25) is 4.99 Å². The monoisotopic (exact) mass is 275 g/mol. The molecule has 1 saturated carbocycles. The van der Waals surface area contributed by atoms with Gasteiger partial charge in [0.15, 0.2) is 5.96 Å². The van der Waals surface area contributed by atoms with E-state index in [1.165, 1.54) is 18.4 Å². The lowest BCUT2D eigenvalue weighted by molar-refractivity contribution is 0.0944. The van der Waals surface area contributed by atoms with E-state index in [1.54, 1.807) is 0 Å². The summed E-state index contributed by atoms with van der Waals surface area (Å²) in [6.07, 6.45) is 2.48. The van der Waals surface area contributed by atoms with E-state index in [1.807, 2.05) is 25.2 Å². The highest BCUT2D eigenvalue weighted by molar-refractivity contribution is 5.78. The molecule has 0 spiro atoms. The molecule has 4 nitrogen and oxygen atoms in total. The van der Waals surface area contributed by atoms with Gasteiger partial charge in [-0.15, -0.1) is 0 Å². The van der Waals surface area contributed by atoms with Crippen LogP contribution in [0.2, 0.25) is 0 Å². The Balaban J connectivity index is 1.64. The number of hydrogen-bond donors (Lipinski definition) is 1. The van der Waals surface area contributed by atoms with Crippen molar-refractivity contribution in [2.45, 2.75) is 32.4 Å². The number of ether oxygens (including phenoxy) is 1. The summed E-state index contributed by atoms with van der Waals surface area (Å²) in [6.45, 7) is 4.22. The van der Waals surface area contributed by atoms with Crippen molar-refractivity contribution in [2.24, 2.45) is 16.6 Å². The van der Waals surface area contributed by atoms with Crippen molar-refractivity contribution >= 4 is 5.96 Å². The molecule has 0 amide bonds. The molecule has 1 aliphatic rings. The average molecular weight is 275 g/mol. The van der Waals surface area contributed by atoms with Gasteiger partial charge in [0.05, 0.1) is 13.2 Å². The van der Waals surface area contributed by atoms with E-state index in [9.17, 15) is 0 Å². The summed E-state index contributed by atoms with van der Waals surface area (Å²) in [5.74, 6) is 1.03. The zero-order valence-corrected chi connectivity index (χ0v) is 12.5. The van der Waals surface area contributed by atoms with E-state index in [4.69, 9.17) is 10.5 Å². The molecule has 1 fully saturated rings.